The van der Waals surface area contributed by atoms with Crippen molar-refractivity contribution < 1.29 is 19.1 Å². The first-order valence-electron chi connectivity index (χ1n) is 11.6. The Labute approximate surface area is 227 Å². The lowest BCUT2D eigenvalue weighted by molar-refractivity contribution is -0.152. The molecule has 35 heavy (non-hydrogen) atoms. The van der Waals surface area contributed by atoms with E-state index >= 15 is 0 Å². The molecule has 1 atom stereocenters. The van der Waals surface area contributed by atoms with Crippen LogP contribution < -0.4 is 0 Å². The highest BCUT2D eigenvalue weighted by Gasteiger charge is 2.34. The van der Waals surface area contributed by atoms with E-state index < -0.39 is 17.7 Å². The average Bonchev–Trinajstić information content (AvgIpc) is 3.28. The van der Waals surface area contributed by atoms with Crippen molar-refractivity contribution in [2.45, 2.75) is 66.3 Å². The number of thiophene rings is 1. The van der Waals surface area contributed by atoms with Gasteiger partial charge in [0.1, 0.15) is 11.6 Å². The Morgan fingerprint density at radius 1 is 1.11 bits per heavy atom. The lowest BCUT2D eigenvalue weighted by Crippen LogP contribution is -2.45. The minimum Gasteiger partial charge on any atom is -0.465 e. The summed E-state index contributed by atoms with van der Waals surface area (Å²) < 4.78 is 14.7. The smallest absolute Gasteiger partial charge is 0.419 e. The van der Waals surface area contributed by atoms with E-state index in [0.717, 1.165) is 30.4 Å². The van der Waals surface area contributed by atoms with Gasteiger partial charge in [0.05, 0.1) is 17.8 Å². The van der Waals surface area contributed by atoms with Crippen LogP contribution in [0.2, 0.25) is 0 Å². The first kappa shape index (κ1) is 27.9. The molecule has 190 valence electrons. The summed E-state index contributed by atoms with van der Waals surface area (Å²) in [6.07, 6.45) is -0.455. The van der Waals surface area contributed by atoms with Crippen molar-refractivity contribution in [3.05, 3.63) is 55.2 Å². The van der Waals surface area contributed by atoms with Gasteiger partial charge in [-0.2, -0.15) is 0 Å². The molecule has 2 aromatic heterocycles. The number of aromatic nitrogens is 1. The Kier molecular flexibility index (Phi) is 9.23. The molecule has 9 heteroatoms. The molecule has 6 nitrogen and oxygen atoms in total. The van der Waals surface area contributed by atoms with Crippen LogP contribution in [-0.4, -0.2) is 39.8 Å². The predicted octanol–water partition coefficient (Wildman–Crippen LogP) is 7.60. The molecular weight excluding hydrogens is 596 g/mol. The van der Waals surface area contributed by atoms with Crippen LogP contribution in [0.3, 0.4) is 0 Å². The molecule has 0 bridgehead atoms. The summed E-state index contributed by atoms with van der Waals surface area (Å²) in [7, 11) is 0. The zero-order valence-corrected chi connectivity index (χ0v) is 24.9. The molecule has 2 heterocycles. The topological polar surface area (TPSA) is 60.8 Å². The zero-order chi connectivity index (χ0) is 25.9. The van der Waals surface area contributed by atoms with Crippen molar-refractivity contribution in [2.24, 2.45) is 5.92 Å². The third kappa shape index (κ3) is 6.56. The summed E-state index contributed by atoms with van der Waals surface area (Å²) in [4.78, 5) is 29.7. The van der Waals surface area contributed by atoms with Crippen LogP contribution in [0.1, 0.15) is 52.1 Å². The Hall–Kier alpha value is -1.68. The van der Waals surface area contributed by atoms with Crippen molar-refractivity contribution in [1.82, 2.24) is 9.47 Å². The fourth-order valence-corrected chi connectivity index (χ4v) is 6.19. The van der Waals surface area contributed by atoms with Gasteiger partial charge < -0.3 is 9.47 Å². The van der Waals surface area contributed by atoms with E-state index in [0.29, 0.717) is 19.7 Å². The predicted molar refractivity (Wildman–Crippen MR) is 148 cm³/mol. The highest BCUT2D eigenvalue weighted by Crippen LogP contribution is 2.35. The number of halogens is 2. The van der Waals surface area contributed by atoms with Crippen LogP contribution in [0.5, 0.6) is 0 Å². The number of rotatable bonds is 8. The number of carbonyl (C=O) groups is 2. The Morgan fingerprint density at radius 3 is 2.37 bits per heavy atom. The summed E-state index contributed by atoms with van der Waals surface area (Å²) in [5, 5.41) is 2.92. The monoisotopic (exact) mass is 626 g/mol. The largest absolute Gasteiger partial charge is 0.465 e. The molecule has 0 saturated heterocycles. The summed E-state index contributed by atoms with van der Waals surface area (Å²) in [6.45, 7) is 12.5. The maximum atomic E-state index is 13.4. The molecule has 3 aromatic rings. The van der Waals surface area contributed by atoms with Gasteiger partial charge in [0, 0.05) is 32.3 Å². The molecule has 0 aliphatic rings. The van der Waals surface area contributed by atoms with Crippen LogP contribution in [0.25, 0.3) is 10.9 Å². The quantitative estimate of drug-likeness (QED) is 0.241. The van der Waals surface area contributed by atoms with Gasteiger partial charge in [0.25, 0.3) is 0 Å². The molecule has 1 aromatic carbocycles. The normalized spacial score (nSPS) is 13.0. The molecule has 0 radical (unpaired) electrons. The van der Waals surface area contributed by atoms with Crippen molar-refractivity contribution in [3.63, 3.8) is 0 Å². The van der Waals surface area contributed by atoms with Crippen LogP contribution in [0, 0.1) is 5.92 Å². The molecule has 0 fully saturated rings. The number of hydrogen-bond donors (Lipinski definition) is 0. The second-order valence-electron chi connectivity index (χ2n) is 9.63. The first-order chi connectivity index (χ1) is 16.4. The maximum Gasteiger partial charge on any atom is 0.419 e. The van der Waals surface area contributed by atoms with E-state index in [-0.39, 0.29) is 11.9 Å². The van der Waals surface area contributed by atoms with Gasteiger partial charge in [-0.1, -0.05) is 32.0 Å². The zero-order valence-electron chi connectivity index (χ0n) is 20.9. The van der Waals surface area contributed by atoms with Gasteiger partial charge in [-0.15, -0.1) is 11.3 Å². The van der Waals surface area contributed by atoms with E-state index in [9.17, 15) is 9.59 Å². The molecular formula is C26H32Br2N2O4S. The molecule has 0 aliphatic heterocycles. The van der Waals surface area contributed by atoms with Crippen molar-refractivity contribution in [3.8, 4) is 0 Å². The molecule has 0 N–H and O–H groups in total. The van der Waals surface area contributed by atoms with Gasteiger partial charge in [0.2, 0.25) is 0 Å². The Balaban J connectivity index is 2.15. The molecule has 0 amide bonds. The number of esters is 1. The first-order valence-corrected chi connectivity index (χ1v) is 14.0. The SMILES string of the molecule is CCOC(=O)[C@H](C(C)C)N(Cc1sccc1Br)Cc1c(Br)c2ccccc2n1C(=O)OC(C)(C)C. The highest BCUT2D eigenvalue weighted by atomic mass is 79.9. The molecule has 0 spiro atoms. The average molecular weight is 628 g/mol. The summed E-state index contributed by atoms with van der Waals surface area (Å²) >= 11 is 8.99. The van der Waals surface area contributed by atoms with E-state index in [2.05, 4.69) is 36.8 Å². The van der Waals surface area contributed by atoms with E-state index in [1.54, 1.807) is 15.9 Å². The van der Waals surface area contributed by atoms with Gasteiger partial charge in [0.15, 0.2) is 0 Å². The van der Waals surface area contributed by atoms with Crippen molar-refractivity contribution >= 4 is 66.2 Å². The number of carbonyl (C=O) groups excluding carboxylic acids is 2. The summed E-state index contributed by atoms with van der Waals surface area (Å²) in [6, 6.07) is 9.21. The minimum atomic E-state index is -0.654. The third-order valence-electron chi connectivity index (χ3n) is 5.42. The van der Waals surface area contributed by atoms with Crippen LogP contribution >= 0.6 is 43.2 Å². The Morgan fingerprint density at radius 2 is 1.80 bits per heavy atom. The van der Waals surface area contributed by atoms with E-state index in [4.69, 9.17) is 9.47 Å². The Bertz CT molecular complexity index is 1200. The lowest BCUT2D eigenvalue weighted by atomic mass is 10.0. The van der Waals surface area contributed by atoms with Crippen molar-refractivity contribution in [1.29, 1.82) is 0 Å². The standard InChI is InChI=1S/C26H32Br2N2O4S/c1-7-33-24(31)23(16(2)3)29(15-21-18(27)12-13-35-21)14-20-22(28)17-10-8-9-11-19(17)30(20)25(32)34-26(4,5)6/h8-13,16,23H,7,14-15H2,1-6H3/t23-/m0/s1. The van der Waals surface area contributed by atoms with E-state index in [1.165, 1.54) is 0 Å². The minimum absolute atomic E-state index is 0.00841. The number of nitrogens with zero attached hydrogens (tertiary/aromatic N) is 2. The second-order valence-corrected chi connectivity index (χ2v) is 12.3. The number of fused-ring (bicyclic) bond motifs is 1. The van der Waals surface area contributed by atoms with Crippen LogP contribution in [-0.2, 0) is 27.4 Å². The summed E-state index contributed by atoms with van der Waals surface area (Å²) in [5.74, 6) is -0.280. The fraction of sp³-hybridized carbons (Fsp3) is 0.462. The van der Waals surface area contributed by atoms with Gasteiger partial charge in [-0.3, -0.25) is 9.69 Å². The van der Waals surface area contributed by atoms with E-state index in [1.807, 2.05) is 77.3 Å². The summed E-state index contributed by atoms with van der Waals surface area (Å²) in [5.41, 5.74) is 0.820. The molecule has 0 unspecified atom stereocenters. The number of para-hydroxylation sites is 1. The number of benzene rings is 1. The van der Waals surface area contributed by atoms with Crippen LogP contribution in [0.4, 0.5) is 4.79 Å². The van der Waals surface area contributed by atoms with Gasteiger partial charge in [-0.25, -0.2) is 9.36 Å². The third-order valence-corrected chi connectivity index (χ3v) is 8.22. The lowest BCUT2D eigenvalue weighted by Gasteiger charge is -2.33. The number of hydrogen-bond acceptors (Lipinski definition) is 6. The van der Waals surface area contributed by atoms with Crippen molar-refractivity contribution in [2.75, 3.05) is 6.61 Å². The molecule has 0 aliphatic carbocycles. The molecule has 3 rings (SSSR count). The maximum absolute atomic E-state index is 13.4. The van der Waals surface area contributed by atoms with Gasteiger partial charge in [-0.05, 0) is 83.0 Å². The van der Waals surface area contributed by atoms with Gasteiger partial charge >= 0.3 is 12.1 Å². The molecule has 0 saturated carbocycles. The highest BCUT2D eigenvalue weighted by molar-refractivity contribution is 9.11. The van der Waals surface area contributed by atoms with Crippen LogP contribution in [0.15, 0.2) is 44.7 Å². The second kappa shape index (κ2) is 11.6. The fourth-order valence-electron chi connectivity index (χ4n) is 4.05. The number of ether oxygens (including phenoxy) is 2.